The molecular formula is C26H26FN5O2. The van der Waals surface area contributed by atoms with Crippen LogP contribution in [0.2, 0.25) is 0 Å². The number of hydrogen-bond acceptors (Lipinski definition) is 5. The van der Waals surface area contributed by atoms with Crippen molar-refractivity contribution >= 4 is 11.4 Å². The van der Waals surface area contributed by atoms with E-state index in [1.54, 1.807) is 35.9 Å². The van der Waals surface area contributed by atoms with Gasteiger partial charge >= 0.3 is 0 Å². The smallest absolute Gasteiger partial charge is 0.287 e. The van der Waals surface area contributed by atoms with E-state index in [1.807, 2.05) is 30.5 Å². The van der Waals surface area contributed by atoms with Crippen molar-refractivity contribution in [3.8, 4) is 22.4 Å². The highest BCUT2D eigenvalue weighted by Crippen LogP contribution is 2.31. The summed E-state index contributed by atoms with van der Waals surface area (Å²) in [5.41, 5.74) is 4.75. The second-order valence-electron chi connectivity index (χ2n) is 8.37. The molecule has 4 heterocycles. The molecule has 34 heavy (non-hydrogen) atoms. The molecule has 5 rings (SSSR count). The summed E-state index contributed by atoms with van der Waals surface area (Å²) >= 11 is 0. The number of pyridine rings is 2. The summed E-state index contributed by atoms with van der Waals surface area (Å²) in [5.74, 6) is -0.127. The maximum absolute atomic E-state index is 13.8. The second kappa shape index (κ2) is 9.70. The van der Waals surface area contributed by atoms with Gasteiger partial charge in [0.15, 0.2) is 0 Å². The first-order valence-electron chi connectivity index (χ1n) is 11.4. The van der Waals surface area contributed by atoms with Crippen LogP contribution in [0.1, 0.15) is 16.2 Å². The van der Waals surface area contributed by atoms with Crippen molar-refractivity contribution < 1.29 is 13.9 Å². The molecule has 0 unspecified atom stereocenters. The molecule has 1 amide bonds. The van der Waals surface area contributed by atoms with Crippen molar-refractivity contribution in [2.24, 2.45) is 0 Å². The molecule has 1 N–H and O–H groups in total. The van der Waals surface area contributed by atoms with E-state index in [0.717, 1.165) is 60.7 Å². The van der Waals surface area contributed by atoms with Crippen molar-refractivity contribution in [1.29, 1.82) is 0 Å². The second-order valence-corrected chi connectivity index (χ2v) is 8.37. The van der Waals surface area contributed by atoms with E-state index >= 15 is 0 Å². The summed E-state index contributed by atoms with van der Waals surface area (Å²) in [7, 11) is 0. The molecule has 4 aromatic rings. The number of imidazole rings is 1. The Morgan fingerprint density at radius 3 is 2.76 bits per heavy atom. The third kappa shape index (κ3) is 4.55. The lowest BCUT2D eigenvalue weighted by Gasteiger charge is -2.26. The molecule has 1 aliphatic rings. The van der Waals surface area contributed by atoms with Crippen molar-refractivity contribution in [1.82, 2.24) is 24.6 Å². The minimum atomic E-state index is -0.245. The van der Waals surface area contributed by atoms with Crippen LogP contribution in [0.4, 0.5) is 4.39 Å². The summed E-state index contributed by atoms with van der Waals surface area (Å²) < 4.78 is 21.0. The van der Waals surface area contributed by atoms with Gasteiger partial charge in [-0.05, 0) is 42.8 Å². The maximum atomic E-state index is 13.8. The van der Waals surface area contributed by atoms with Crippen molar-refractivity contribution in [2.75, 3.05) is 39.4 Å². The standard InChI is InChI=1S/C26H26FN5O2/c1-18-15-19(5-7-23(18)27)24-22(3-2-8-28-24)20-4-6-21-16-30-25(32(21)17-20)26(33)29-9-10-31-11-13-34-14-12-31/h2-8,15-17H,9-14H2,1H3,(H,29,33). The maximum Gasteiger partial charge on any atom is 0.287 e. The fourth-order valence-electron chi connectivity index (χ4n) is 4.21. The molecule has 1 aromatic carbocycles. The summed E-state index contributed by atoms with van der Waals surface area (Å²) in [6, 6.07) is 12.7. The molecule has 0 bridgehead atoms. The van der Waals surface area contributed by atoms with Gasteiger partial charge in [-0.25, -0.2) is 9.37 Å². The van der Waals surface area contributed by atoms with Crippen LogP contribution in [0.25, 0.3) is 27.9 Å². The van der Waals surface area contributed by atoms with Crippen LogP contribution in [0, 0.1) is 12.7 Å². The minimum Gasteiger partial charge on any atom is -0.379 e. The van der Waals surface area contributed by atoms with E-state index < -0.39 is 0 Å². The number of ether oxygens (including phenoxy) is 1. The third-order valence-electron chi connectivity index (χ3n) is 6.10. The molecule has 0 radical (unpaired) electrons. The van der Waals surface area contributed by atoms with Crippen molar-refractivity contribution in [3.63, 3.8) is 0 Å². The number of nitrogens with one attached hydrogen (secondary N) is 1. The lowest BCUT2D eigenvalue weighted by molar-refractivity contribution is 0.0383. The zero-order chi connectivity index (χ0) is 23.5. The van der Waals surface area contributed by atoms with Crippen molar-refractivity contribution in [2.45, 2.75) is 6.92 Å². The lowest BCUT2D eigenvalue weighted by Crippen LogP contribution is -2.41. The summed E-state index contributed by atoms with van der Waals surface area (Å²) in [6.45, 7) is 6.29. The number of carbonyl (C=O) groups is 1. The molecule has 0 spiro atoms. The Bertz CT molecular complexity index is 1330. The normalized spacial score (nSPS) is 14.4. The molecule has 1 fully saturated rings. The Hall–Kier alpha value is -3.62. The molecule has 3 aromatic heterocycles. The van der Waals surface area contributed by atoms with Gasteiger partial charge in [0.05, 0.1) is 30.6 Å². The van der Waals surface area contributed by atoms with Crippen LogP contribution in [-0.2, 0) is 4.74 Å². The van der Waals surface area contributed by atoms with E-state index in [-0.39, 0.29) is 11.7 Å². The quantitative estimate of drug-likeness (QED) is 0.477. The number of amides is 1. The van der Waals surface area contributed by atoms with E-state index in [1.165, 1.54) is 6.07 Å². The summed E-state index contributed by atoms with van der Waals surface area (Å²) in [6.07, 6.45) is 5.31. The van der Waals surface area contributed by atoms with Gasteiger partial charge in [-0.2, -0.15) is 0 Å². The first-order valence-corrected chi connectivity index (χ1v) is 11.4. The van der Waals surface area contributed by atoms with Crippen LogP contribution in [0.15, 0.2) is 61.1 Å². The van der Waals surface area contributed by atoms with Gasteiger partial charge in [-0.1, -0.05) is 12.1 Å². The molecule has 0 atom stereocenters. The summed E-state index contributed by atoms with van der Waals surface area (Å²) in [4.78, 5) is 24.1. The van der Waals surface area contributed by atoms with Crippen molar-refractivity contribution in [3.05, 3.63) is 78.3 Å². The van der Waals surface area contributed by atoms with Gasteiger partial charge in [0.1, 0.15) is 5.82 Å². The van der Waals surface area contributed by atoms with Crippen LogP contribution >= 0.6 is 0 Å². The predicted octanol–water partition coefficient (Wildman–Crippen LogP) is 3.57. The number of benzene rings is 1. The molecule has 7 nitrogen and oxygen atoms in total. The molecule has 0 saturated carbocycles. The Morgan fingerprint density at radius 2 is 1.94 bits per heavy atom. The zero-order valence-corrected chi connectivity index (χ0v) is 19.0. The SMILES string of the molecule is Cc1cc(-c2ncccc2-c2ccc3cnc(C(=O)NCCN4CCOCC4)n3c2)ccc1F. The number of carbonyl (C=O) groups excluding carboxylic acids is 1. The number of morpholine rings is 1. The van der Waals surface area contributed by atoms with Crippen LogP contribution in [0.5, 0.6) is 0 Å². The summed E-state index contributed by atoms with van der Waals surface area (Å²) in [5, 5.41) is 2.98. The highest BCUT2D eigenvalue weighted by atomic mass is 19.1. The van der Waals surface area contributed by atoms with Crippen LogP contribution in [-0.4, -0.2) is 64.6 Å². The number of fused-ring (bicyclic) bond motifs is 1. The first kappa shape index (κ1) is 22.2. The number of nitrogens with zero attached hydrogens (tertiary/aromatic N) is 4. The van der Waals surface area contributed by atoms with Gasteiger partial charge in [-0.3, -0.25) is 19.1 Å². The van der Waals surface area contributed by atoms with Gasteiger partial charge in [0.2, 0.25) is 5.82 Å². The fourth-order valence-corrected chi connectivity index (χ4v) is 4.21. The van der Waals surface area contributed by atoms with E-state index in [9.17, 15) is 9.18 Å². The minimum absolute atomic E-state index is 0.217. The molecule has 174 valence electrons. The van der Waals surface area contributed by atoms with Gasteiger partial charge in [0.25, 0.3) is 5.91 Å². The number of halogens is 1. The molecule has 0 aliphatic carbocycles. The van der Waals surface area contributed by atoms with Crippen LogP contribution in [0.3, 0.4) is 0 Å². The predicted molar refractivity (Wildman–Crippen MR) is 128 cm³/mol. The topological polar surface area (TPSA) is 71.8 Å². The molecule has 8 heteroatoms. The van der Waals surface area contributed by atoms with Gasteiger partial charge < -0.3 is 10.1 Å². The Kier molecular flexibility index (Phi) is 6.33. The first-order chi connectivity index (χ1) is 16.6. The third-order valence-corrected chi connectivity index (χ3v) is 6.10. The Labute approximate surface area is 197 Å². The van der Waals surface area contributed by atoms with Gasteiger partial charge in [0, 0.05) is 55.3 Å². The average molecular weight is 460 g/mol. The number of aromatic nitrogens is 3. The zero-order valence-electron chi connectivity index (χ0n) is 19.0. The number of rotatable bonds is 6. The van der Waals surface area contributed by atoms with Crippen LogP contribution < -0.4 is 5.32 Å². The largest absolute Gasteiger partial charge is 0.379 e. The Morgan fingerprint density at radius 1 is 1.12 bits per heavy atom. The molecule has 1 saturated heterocycles. The number of hydrogen-bond donors (Lipinski definition) is 1. The number of aryl methyl sites for hydroxylation is 1. The van der Waals surface area contributed by atoms with Gasteiger partial charge in [-0.15, -0.1) is 0 Å². The molecular weight excluding hydrogens is 433 g/mol. The fraction of sp³-hybridized carbons (Fsp3) is 0.269. The monoisotopic (exact) mass is 459 g/mol. The van der Waals surface area contributed by atoms with E-state index in [2.05, 4.69) is 20.2 Å². The molecule has 1 aliphatic heterocycles. The van der Waals surface area contributed by atoms with E-state index in [4.69, 9.17) is 4.74 Å². The lowest BCUT2D eigenvalue weighted by atomic mass is 9.99. The highest BCUT2D eigenvalue weighted by Gasteiger charge is 2.16. The highest BCUT2D eigenvalue weighted by molar-refractivity contribution is 5.92. The Balaban J connectivity index is 1.41. The average Bonchev–Trinajstić information content (AvgIpc) is 3.30. The van der Waals surface area contributed by atoms with E-state index in [0.29, 0.717) is 17.9 Å².